The first-order chi connectivity index (χ1) is 12.5. The minimum absolute atomic E-state index is 0.0379. The number of hydrogen-bond acceptors (Lipinski definition) is 8. The van der Waals surface area contributed by atoms with Crippen molar-refractivity contribution in [2.75, 3.05) is 27.4 Å². The molecule has 0 bridgehead atoms. The number of methoxy groups -OCH3 is 2. The van der Waals surface area contributed by atoms with Crippen molar-refractivity contribution in [2.24, 2.45) is 5.10 Å². The Labute approximate surface area is 151 Å². The molecule has 0 amide bonds. The van der Waals surface area contributed by atoms with Gasteiger partial charge in [-0.3, -0.25) is 4.79 Å². The zero-order valence-corrected chi connectivity index (χ0v) is 14.5. The molecule has 2 aromatic rings. The van der Waals surface area contributed by atoms with Crippen LogP contribution in [0.3, 0.4) is 0 Å². The van der Waals surface area contributed by atoms with E-state index in [2.05, 4.69) is 10.5 Å². The molecule has 4 N–H and O–H groups in total. The lowest BCUT2D eigenvalue weighted by atomic mass is 10.2. The number of aliphatic hydroxyl groups is 1. The number of hydrogen-bond donors (Lipinski definition) is 4. The number of ether oxygens (including phenoxy) is 2. The highest BCUT2D eigenvalue weighted by molar-refractivity contribution is 5.80. The van der Waals surface area contributed by atoms with Gasteiger partial charge in [0.25, 0.3) is 0 Å². The third-order valence-electron chi connectivity index (χ3n) is 3.07. The summed E-state index contributed by atoms with van der Waals surface area (Å²) in [5.74, 6) is 0.853. The summed E-state index contributed by atoms with van der Waals surface area (Å²) in [6, 6.07) is 9.32. The lowest BCUT2D eigenvalue weighted by molar-refractivity contribution is 0.112. The molecule has 0 saturated carbocycles. The first-order valence-electron chi connectivity index (χ1n) is 7.61. The largest absolute Gasteiger partial charge is 0.504 e. The molecule has 0 heterocycles. The molecular weight excluding hydrogens is 340 g/mol. The number of phenols is 2. The van der Waals surface area contributed by atoms with E-state index in [-0.39, 0.29) is 18.1 Å². The zero-order chi connectivity index (χ0) is 19.4. The smallest absolute Gasteiger partial charge is 0.161 e. The number of rotatable bonds is 7. The molecule has 140 valence electrons. The fourth-order valence-corrected chi connectivity index (χ4v) is 1.78. The van der Waals surface area contributed by atoms with Crippen molar-refractivity contribution in [1.29, 1.82) is 0 Å². The second kappa shape index (κ2) is 11.3. The predicted molar refractivity (Wildman–Crippen MR) is 97.4 cm³/mol. The van der Waals surface area contributed by atoms with Crippen LogP contribution in [0.25, 0.3) is 0 Å². The average molecular weight is 362 g/mol. The molecular formula is C18H22N2O6. The van der Waals surface area contributed by atoms with Crippen molar-refractivity contribution in [1.82, 2.24) is 5.43 Å². The van der Waals surface area contributed by atoms with E-state index >= 15 is 0 Å². The van der Waals surface area contributed by atoms with Crippen molar-refractivity contribution in [3.05, 3.63) is 47.5 Å². The standard InChI is InChI=1S/C10H14N2O3.C8H8O3/c1-15-10-6-8(2-3-9(10)14)7-12-11-4-5-13;1-11-8-4-6(5-9)2-3-7(8)10/h2-3,6-7,11,13-14H,4-5H2,1H3;2-5,10H,1H3/b12-7+;. The highest BCUT2D eigenvalue weighted by Crippen LogP contribution is 2.26. The summed E-state index contributed by atoms with van der Waals surface area (Å²) in [6.45, 7) is 0.446. The van der Waals surface area contributed by atoms with Crippen molar-refractivity contribution in [3.8, 4) is 23.0 Å². The highest BCUT2D eigenvalue weighted by Gasteiger charge is 2.01. The van der Waals surface area contributed by atoms with E-state index in [1.165, 1.54) is 38.5 Å². The fraction of sp³-hybridized carbons (Fsp3) is 0.222. The molecule has 26 heavy (non-hydrogen) atoms. The number of carbonyl (C=O) groups excluding carboxylic acids is 1. The van der Waals surface area contributed by atoms with Crippen LogP contribution in [0, 0.1) is 0 Å². The molecule has 0 aromatic heterocycles. The molecule has 2 aromatic carbocycles. The quantitative estimate of drug-likeness (QED) is 0.255. The Balaban J connectivity index is 0.000000273. The summed E-state index contributed by atoms with van der Waals surface area (Å²) in [7, 11) is 2.92. The molecule has 0 aliphatic heterocycles. The number of carbonyl (C=O) groups is 1. The van der Waals surface area contributed by atoms with E-state index in [1.54, 1.807) is 18.3 Å². The Hall–Kier alpha value is -3.26. The third kappa shape index (κ3) is 6.70. The van der Waals surface area contributed by atoms with Gasteiger partial charge in [0.15, 0.2) is 23.0 Å². The first kappa shape index (κ1) is 20.8. The van der Waals surface area contributed by atoms with E-state index in [0.717, 1.165) is 5.56 Å². The van der Waals surface area contributed by atoms with E-state index in [9.17, 15) is 9.90 Å². The second-order valence-electron chi connectivity index (χ2n) is 4.87. The van der Waals surface area contributed by atoms with Crippen LogP contribution in [-0.4, -0.2) is 55.2 Å². The van der Waals surface area contributed by atoms with Crippen molar-refractivity contribution in [3.63, 3.8) is 0 Å². The maximum atomic E-state index is 10.2. The highest BCUT2D eigenvalue weighted by atomic mass is 16.5. The number of aromatic hydroxyl groups is 2. The third-order valence-corrected chi connectivity index (χ3v) is 3.07. The van der Waals surface area contributed by atoms with Gasteiger partial charge in [0.1, 0.15) is 6.29 Å². The van der Waals surface area contributed by atoms with Crippen molar-refractivity contribution in [2.45, 2.75) is 0 Å². The summed E-state index contributed by atoms with van der Waals surface area (Å²) in [6.07, 6.45) is 2.28. The van der Waals surface area contributed by atoms with Gasteiger partial charge in [-0.15, -0.1) is 0 Å². The van der Waals surface area contributed by atoms with E-state index in [1.807, 2.05) is 0 Å². The van der Waals surface area contributed by atoms with Crippen LogP contribution in [0.5, 0.6) is 23.0 Å². The SMILES string of the molecule is COc1cc(/C=N/NCCO)ccc1O.COc1cc(C=O)ccc1O. The Morgan fingerprint density at radius 3 is 2.04 bits per heavy atom. The normalized spacial score (nSPS) is 9.96. The minimum atomic E-state index is 0.0379. The molecule has 0 radical (unpaired) electrons. The number of phenolic OH excluding ortho intramolecular Hbond substituents is 2. The summed E-state index contributed by atoms with van der Waals surface area (Å²) in [5.41, 5.74) is 3.94. The first-order valence-corrected chi connectivity index (χ1v) is 7.61. The van der Waals surface area contributed by atoms with Crippen LogP contribution in [0.4, 0.5) is 0 Å². The number of nitrogens with one attached hydrogen (secondary N) is 1. The molecule has 0 aliphatic rings. The van der Waals surface area contributed by atoms with Crippen LogP contribution in [0.1, 0.15) is 15.9 Å². The van der Waals surface area contributed by atoms with Gasteiger partial charge in [-0.2, -0.15) is 5.10 Å². The van der Waals surface area contributed by atoms with Crippen LogP contribution in [0.2, 0.25) is 0 Å². The molecule has 8 nitrogen and oxygen atoms in total. The number of hydrazone groups is 1. The van der Waals surface area contributed by atoms with Crippen LogP contribution >= 0.6 is 0 Å². The van der Waals surface area contributed by atoms with E-state index < -0.39 is 0 Å². The van der Waals surface area contributed by atoms with Gasteiger partial charge >= 0.3 is 0 Å². The van der Waals surface area contributed by atoms with Gasteiger partial charge in [-0.25, -0.2) is 0 Å². The Bertz CT molecular complexity index is 734. The van der Waals surface area contributed by atoms with Gasteiger partial charge in [-0.05, 0) is 42.0 Å². The maximum Gasteiger partial charge on any atom is 0.161 e. The predicted octanol–water partition coefficient (Wildman–Crippen LogP) is 1.53. The molecule has 0 spiro atoms. The van der Waals surface area contributed by atoms with Crippen LogP contribution < -0.4 is 14.9 Å². The molecule has 0 saturated heterocycles. The average Bonchev–Trinajstić information content (AvgIpc) is 2.67. The monoisotopic (exact) mass is 362 g/mol. The maximum absolute atomic E-state index is 10.2. The number of nitrogens with zero attached hydrogens (tertiary/aromatic N) is 1. The van der Waals surface area contributed by atoms with Crippen LogP contribution in [0.15, 0.2) is 41.5 Å². The zero-order valence-electron chi connectivity index (χ0n) is 14.5. The summed E-state index contributed by atoms with van der Waals surface area (Å²) >= 11 is 0. The summed E-state index contributed by atoms with van der Waals surface area (Å²) in [4.78, 5) is 10.2. The summed E-state index contributed by atoms with van der Waals surface area (Å²) < 4.78 is 9.72. The number of aliphatic hydroxyl groups excluding tert-OH is 1. The van der Waals surface area contributed by atoms with Gasteiger partial charge in [0.2, 0.25) is 0 Å². The Morgan fingerprint density at radius 2 is 1.54 bits per heavy atom. The van der Waals surface area contributed by atoms with Gasteiger partial charge in [0.05, 0.1) is 33.6 Å². The van der Waals surface area contributed by atoms with Gasteiger partial charge in [0, 0.05) is 5.56 Å². The molecule has 0 aliphatic carbocycles. The molecule has 2 rings (SSSR count). The number of aldehydes is 1. The van der Waals surface area contributed by atoms with Gasteiger partial charge in [-0.1, -0.05) is 0 Å². The van der Waals surface area contributed by atoms with Crippen molar-refractivity contribution >= 4 is 12.5 Å². The lowest BCUT2D eigenvalue weighted by Crippen LogP contribution is -2.11. The Morgan fingerprint density at radius 1 is 1.00 bits per heavy atom. The van der Waals surface area contributed by atoms with Crippen molar-refractivity contribution < 1.29 is 29.6 Å². The molecule has 0 unspecified atom stereocenters. The molecule has 0 atom stereocenters. The van der Waals surface area contributed by atoms with Gasteiger partial charge < -0.3 is 30.2 Å². The summed E-state index contributed by atoms with van der Waals surface area (Å²) in [5, 5.41) is 30.8. The molecule has 0 fully saturated rings. The minimum Gasteiger partial charge on any atom is -0.504 e. The Kier molecular flexibility index (Phi) is 9.05. The van der Waals surface area contributed by atoms with Crippen LogP contribution in [-0.2, 0) is 0 Å². The number of benzene rings is 2. The molecule has 8 heteroatoms. The van der Waals surface area contributed by atoms with E-state index in [4.69, 9.17) is 19.7 Å². The lowest BCUT2D eigenvalue weighted by Gasteiger charge is -2.03. The fourth-order valence-electron chi connectivity index (χ4n) is 1.78. The topological polar surface area (TPSA) is 121 Å². The second-order valence-corrected chi connectivity index (χ2v) is 4.87. The van der Waals surface area contributed by atoms with E-state index in [0.29, 0.717) is 29.9 Å².